The summed E-state index contributed by atoms with van der Waals surface area (Å²) in [7, 11) is 1.41. The average Bonchev–Trinajstić information content (AvgIpc) is 2.15. The Bertz CT molecular complexity index is 341. The summed E-state index contributed by atoms with van der Waals surface area (Å²) >= 11 is 0. The number of rotatable bonds is 4. The smallest absolute Gasteiger partial charge is 0.208 e. The monoisotopic (exact) mass is 199 g/mol. The Hall–Kier alpha value is -1.65. The molecule has 0 aliphatic heterocycles. The van der Waals surface area contributed by atoms with E-state index in [4.69, 9.17) is 4.74 Å². The molecule has 1 rings (SSSR count). The second-order valence-corrected chi connectivity index (χ2v) is 2.73. The van der Waals surface area contributed by atoms with Gasteiger partial charge in [-0.05, 0) is 12.1 Å². The van der Waals surface area contributed by atoms with Gasteiger partial charge in [0.2, 0.25) is 6.54 Å². The van der Waals surface area contributed by atoms with Gasteiger partial charge in [0.15, 0.2) is 0 Å². The van der Waals surface area contributed by atoms with Gasteiger partial charge in [-0.15, -0.1) is 0 Å². The first kappa shape index (κ1) is 10.4. The number of nitro groups is 1. The number of nitrogens with zero attached hydrogens (tertiary/aromatic N) is 1. The van der Waals surface area contributed by atoms with E-state index in [2.05, 4.69) is 0 Å². The van der Waals surface area contributed by atoms with Crippen LogP contribution in [0.15, 0.2) is 18.2 Å². The van der Waals surface area contributed by atoms with E-state index in [9.17, 15) is 14.5 Å². The molecule has 0 unspecified atom stereocenters. The van der Waals surface area contributed by atoms with Crippen LogP contribution in [0, 0.1) is 15.9 Å². The molecule has 0 radical (unpaired) electrons. The minimum absolute atomic E-state index is 0.0445. The number of ether oxygens (including phenoxy) is 1. The summed E-state index contributed by atoms with van der Waals surface area (Å²) in [6, 6.07) is 4.35. The lowest BCUT2D eigenvalue weighted by Crippen LogP contribution is -2.06. The second-order valence-electron chi connectivity index (χ2n) is 2.73. The van der Waals surface area contributed by atoms with Crippen molar-refractivity contribution < 1.29 is 14.1 Å². The first-order chi connectivity index (χ1) is 6.65. The zero-order valence-electron chi connectivity index (χ0n) is 7.70. The van der Waals surface area contributed by atoms with Crippen LogP contribution in [0.5, 0.6) is 5.75 Å². The fraction of sp³-hybridized carbons (Fsp3) is 0.333. The lowest BCUT2D eigenvalue weighted by molar-refractivity contribution is -0.479. The van der Waals surface area contributed by atoms with Crippen LogP contribution in [0.3, 0.4) is 0 Å². The molecule has 0 heterocycles. The van der Waals surface area contributed by atoms with Crippen LogP contribution in [0.4, 0.5) is 4.39 Å². The van der Waals surface area contributed by atoms with Gasteiger partial charge in [-0.1, -0.05) is 6.07 Å². The molecule has 5 heteroatoms. The van der Waals surface area contributed by atoms with E-state index in [1.165, 1.54) is 19.2 Å². The van der Waals surface area contributed by atoms with Crippen molar-refractivity contribution in [1.29, 1.82) is 0 Å². The van der Waals surface area contributed by atoms with Crippen LogP contribution in [-0.2, 0) is 6.42 Å². The number of benzene rings is 1. The zero-order valence-corrected chi connectivity index (χ0v) is 7.70. The zero-order chi connectivity index (χ0) is 10.6. The topological polar surface area (TPSA) is 52.4 Å². The molecule has 0 N–H and O–H groups in total. The lowest BCUT2D eigenvalue weighted by atomic mass is 10.1. The van der Waals surface area contributed by atoms with Gasteiger partial charge in [0.1, 0.15) is 11.6 Å². The molecular formula is C9H10FNO3. The van der Waals surface area contributed by atoms with Crippen molar-refractivity contribution in [1.82, 2.24) is 0 Å². The van der Waals surface area contributed by atoms with Crippen LogP contribution in [-0.4, -0.2) is 18.6 Å². The molecule has 0 spiro atoms. The van der Waals surface area contributed by atoms with Gasteiger partial charge in [0, 0.05) is 16.9 Å². The van der Waals surface area contributed by atoms with Crippen molar-refractivity contribution in [2.24, 2.45) is 0 Å². The molecule has 0 saturated heterocycles. The van der Waals surface area contributed by atoms with E-state index in [0.29, 0.717) is 5.75 Å². The van der Waals surface area contributed by atoms with Crippen molar-refractivity contribution in [2.75, 3.05) is 13.7 Å². The maximum absolute atomic E-state index is 13.2. The Labute approximate surface area is 80.5 Å². The molecule has 0 aliphatic rings. The highest BCUT2D eigenvalue weighted by Gasteiger charge is 2.11. The summed E-state index contributed by atoms with van der Waals surface area (Å²) in [5.74, 6) is -0.113. The minimum atomic E-state index is -0.480. The standard InChI is InChI=1S/C9H10FNO3/c1-14-9-4-2-3-8(10)7(9)5-6-11(12)13/h2-4H,5-6H2,1H3. The fourth-order valence-electron chi connectivity index (χ4n) is 1.18. The second kappa shape index (κ2) is 4.55. The molecule has 1 aromatic carbocycles. The molecule has 0 amide bonds. The molecule has 76 valence electrons. The van der Waals surface area contributed by atoms with Crippen molar-refractivity contribution >= 4 is 0 Å². The van der Waals surface area contributed by atoms with Gasteiger partial charge in [0.05, 0.1) is 7.11 Å². The number of halogens is 1. The van der Waals surface area contributed by atoms with Crippen LogP contribution in [0.1, 0.15) is 5.56 Å². The third-order valence-electron chi connectivity index (χ3n) is 1.84. The summed E-state index contributed by atoms with van der Waals surface area (Å²) in [4.78, 5) is 9.65. The molecule has 0 aromatic heterocycles. The van der Waals surface area contributed by atoms with Gasteiger partial charge in [-0.2, -0.15) is 0 Å². The SMILES string of the molecule is COc1cccc(F)c1CC[N+](=O)[O-]. The van der Waals surface area contributed by atoms with E-state index in [0.717, 1.165) is 0 Å². The average molecular weight is 199 g/mol. The number of hydrogen-bond acceptors (Lipinski definition) is 3. The molecule has 0 fully saturated rings. The van der Waals surface area contributed by atoms with Crippen LogP contribution in [0.2, 0.25) is 0 Å². The summed E-state index contributed by atoms with van der Waals surface area (Å²) in [6.07, 6.45) is 0.0445. The predicted molar refractivity (Wildman–Crippen MR) is 48.5 cm³/mol. The van der Waals surface area contributed by atoms with E-state index < -0.39 is 10.7 Å². The van der Waals surface area contributed by atoms with Crippen molar-refractivity contribution in [3.63, 3.8) is 0 Å². The maximum Gasteiger partial charge on any atom is 0.208 e. The Morgan fingerprint density at radius 3 is 2.86 bits per heavy atom. The van der Waals surface area contributed by atoms with Crippen LogP contribution >= 0.6 is 0 Å². The van der Waals surface area contributed by atoms with Crippen molar-refractivity contribution in [3.05, 3.63) is 39.7 Å². The van der Waals surface area contributed by atoms with Gasteiger partial charge in [0.25, 0.3) is 0 Å². The Kier molecular flexibility index (Phi) is 3.39. The summed E-state index contributed by atoms with van der Waals surface area (Å²) < 4.78 is 18.1. The highest BCUT2D eigenvalue weighted by Crippen LogP contribution is 2.21. The molecule has 0 bridgehead atoms. The lowest BCUT2D eigenvalue weighted by Gasteiger charge is -2.06. The highest BCUT2D eigenvalue weighted by molar-refractivity contribution is 5.34. The number of methoxy groups -OCH3 is 1. The predicted octanol–water partition coefficient (Wildman–Crippen LogP) is 1.65. The normalized spacial score (nSPS) is 9.86. The van der Waals surface area contributed by atoms with Gasteiger partial charge in [-0.3, -0.25) is 10.1 Å². The van der Waals surface area contributed by atoms with E-state index >= 15 is 0 Å². The molecule has 0 aliphatic carbocycles. The third kappa shape index (κ3) is 2.42. The highest BCUT2D eigenvalue weighted by atomic mass is 19.1. The van der Waals surface area contributed by atoms with Crippen LogP contribution < -0.4 is 4.74 Å². The molecular weight excluding hydrogens is 189 g/mol. The van der Waals surface area contributed by atoms with Gasteiger partial charge in [-0.25, -0.2) is 4.39 Å². The molecule has 14 heavy (non-hydrogen) atoms. The van der Waals surface area contributed by atoms with Gasteiger partial charge < -0.3 is 4.74 Å². The number of hydrogen-bond donors (Lipinski definition) is 0. The van der Waals surface area contributed by atoms with Crippen molar-refractivity contribution in [3.8, 4) is 5.75 Å². The summed E-state index contributed by atoms with van der Waals surface area (Å²) in [5, 5.41) is 10.1. The molecule has 1 aromatic rings. The van der Waals surface area contributed by atoms with Gasteiger partial charge >= 0.3 is 0 Å². The van der Waals surface area contributed by atoms with Crippen molar-refractivity contribution in [2.45, 2.75) is 6.42 Å². The van der Waals surface area contributed by atoms with E-state index in [1.54, 1.807) is 6.07 Å². The Balaban J connectivity index is 2.87. The van der Waals surface area contributed by atoms with Crippen LogP contribution in [0.25, 0.3) is 0 Å². The molecule has 0 saturated carbocycles. The minimum Gasteiger partial charge on any atom is -0.496 e. The first-order valence-electron chi connectivity index (χ1n) is 4.08. The molecule has 0 atom stereocenters. The Morgan fingerprint density at radius 1 is 1.57 bits per heavy atom. The largest absolute Gasteiger partial charge is 0.496 e. The van der Waals surface area contributed by atoms with E-state index in [-0.39, 0.29) is 18.5 Å². The Morgan fingerprint density at radius 2 is 2.29 bits per heavy atom. The summed E-state index contributed by atoms with van der Waals surface area (Å²) in [5.41, 5.74) is 0.256. The maximum atomic E-state index is 13.2. The fourth-order valence-corrected chi connectivity index (χ4v) is 1.18. The first-order valence-corrected chi connectivity index (χ1v) is 4.08. The quantitative estimate of drug-likeness (QED) is 0.547. The molecule has 4 nitrogen and oxygen atoms in total. The van der Waals surface area contributed by atoms with E-state index in [1.807, 2.05) is 0 Å². The summed E-state index contributed by atoms with van der Waals surface area (Å²) in [6.45, 7) is -0.294. The third-order valence-corrected chi connectivity index (χ3v) is 1.84.